The van der Waals surface area contributed by atoms with Gasteiger partial charge in [0.2, 0.25) is 0 Å². The third-order valence-electron chi connectivity index (χ3n) is 2.03. The second-order valence-corrected chi connectivity index (χ2v) is 5.01. The predicted molar refractivity (Wildman–Crippen MR) is 64.4 cm³/mol. The molecule has 2 aromatic heterocycles. The zero-order valence-electron chi connectivity index (χ0n) is 8.51. The summed E-state index contributed by atoms with van der Waals surface area (Å²) in [6, 6.07) is 0.220. The van der Waals surface area contributed by atoms with Crippen molar-refractivity contribution >= 4 is 22.7 Å². The first-order chi connectivity index (χ1) is 7.42. The summed E-state index contributed by atoms with van der Waals surface area (Å²) >= 11 is 3.36. The molecule has 0 aromatic carbocycles. The largest absolute Gasteiger partial charge is 0.304 e. The van der Waals surface area contributed by atoms with Gasteiger partial charge in [-0.25, -0.2) is 4.98 Å². The van der Waals surface area contributed by atoms with Gasteiger partial charge < -0.3 is 5.32 Å². The fourth-order valence-corrected chi connectivity index (χ4v) is 2.84. The average Bonchev–Trinajstić information content (AvgIpc) is 2.90. The van der Waals surface area contributed by atoms with Gasteiger partial charge in [-0.1, -0.05) is 6.92 Å². The molecule has 0 saturated heterocycles. The predicted octanol–water partition coefficient (Wildman–Crippen LogP) is 2.69. The molecule has 0 amide bonds. The highest BCUT2D eigenvalue weighted by Crippen LogP contribution is 2.26. The van der Waals surface area contributed by atoms with E-state index in [1.807, 2.05) is 23.3 Å². The summed E-state index contributed by atoms with van der Waals surface area (Å²) in [5, 5.41) is 6.62. The van der Waals surface area contributed by atoms with Crippen molar-refractivity contribution in [2.24, 2.45) is 0 Å². The van der Waals surface area contributed by atoms with Crippen molar-refractivity contribution < 1.29 is 0 Å². The van der Waals surface area contributed by atoms with Crippen molar-refractivity contribution in [3.63, 3.8) is 0 Å². The lowest BCUT2D eigenvalue weighted by Gasteiger charge is -2.13. The molecule has 1 atom stereocenters. The lowest BCUT2D eigenvalue weighted by molar-refractivity contribution is 0.602. The summed E-state index contributed by atoms with van der Waals surface area (Å²) in [4.78, 5) is 9.71. The van der Waals surface area contributed by atoms with Crippen LogP contribution in [0.4, 0.5) is 0 Å². The highest BCUT2D eigenvalue weighted by Gasteiger charge is 2.16. The van der Waals surface area contributed by atoms with Crippen LogP contribution in [-0.4, -0.2) is 16.5 Å². The fraction of sp³-hybridized carbons (Fsp3) is 0.400. The molecule has 3 nitrogen and oxygen atoms in total. The SMILES string of the molecule is CCCNC(c1cncs1)c1nccs1. The molecule has 2 aromatic rings. The molecule has 1 unspecified atom stereocenters. The number of rotatable bonds is 5. The summed E-state index contributed by atoms with van der Waals surface area (Å²) in [5.74, 6) is 0. The quantitative estimate of drug-likeness (QED) is 0.871. The Bertz CT molecular complexity index is 335. The van der Waals surface area contributed by atoms with E-state index in [1.165, 1.54) is 4.88 Å². The van der Waals surface area contributed by atoms with Gasteiger partial charge in [-0.2, -0.15) is 0 Å². The van der Waals surface area contributed by atoms with Crippen LogP contribution in [0.5, 0.6) is 0 Å². The molecule has 0 bridgehead atoms. The van der Waals surface area contributed by atoms with Crippen LogP contribution < -0.4 is 5.32 Å². The van der Waals surface area contributed by atoms with Gasteiger partial charge in [0.1, 0.15) is 5.01 Å². The molecule has 2 rings (SSSR count). The van der Waals surface area contributed by atoms with E-state index in [0.29, 0.717) is 0 Å². The lowest BCUT2D eigenvalue weighted by atomic mass is 10.2. The molecule has 0 spiro atoms. The number of thiazole rings is 2. The molecule has 0 aliphatic rings. The van der Waals surface area contributed by atoms with Crippen LogP contribution in [0.1, 0.15) is 29.3 Å². The zero-order valence-corrected chi connectivity index (χ0v) is 10.1. The number of aromatic nitrogens is 2. The van der Waals surface area contributed by atoms with Gasteiger partial charge in [-0.15, -0.1) is 22.7 Å². The molecule has 80 valence electrons. The van der Waals surface area contributed by atoms with Crippen molar-refractivity contribution in [3.8, 4) is 0 Å². The van der Waals surface area contributed by atoms with Crippen molar-refractivity contribution in [1.82, 2.24) is 15.3 Å². The van der Waals surface area contributed by atoms with Crippen LogP contribution in [0.15, 0.2) is 23.3 Å². The molecule has 0 saturated carbocycles. The molecule has 0 radical (unpaired) electrons. The highest BCUT2D eigenvalue weighted by molar-refractivity contribution is 7.11. The Labute approximate surface area is 97.2 Å². The minimum absolute atomic E-state index is 0.220. The van der Waals surface area contributed by atoms with Gasteiger partial charge in [0.25, 0.3) is 0 Å². The minimum atomic E-state index is 0.220. The van der Waals surface area contributed by atoms with Crippen LogP contribution in [0.25, 0.3) is 0 Å². The Hall–Kier alpha value is -0.780. The maximum atomic E-state index is 4.36. The smallest absolute Gasteiger partial charge is 0.115 e. The van der Waals surface area contributed by atoms with Gasteiger partial charge >= 0.3 is 0 Å². The molecule has 15 heavy (non-hydrogen) atoms. The molecule has 1 N–H and O–H groups in total. The first kappa shape index (κ1) is 10.7. The van der Waals surface area contributed by atoms with Crippen molar-refractivity contribution in [2.45, 2.75) is 19.4 Å². The Kier molecular flexibility index (Phi) is 3.82. The highest BCUT2D eigenvalue weighted by atomic mass is 32.1. The molecular formula is C10H13N3S2. The maximum absolute atomic E-state index is 4.36. The van der Waals surface area contributed by atoms with E-state index in [0.717, 1.165) is 18.0 Å². The van der Waals surface area contributed by atoms with Gasteiger partial charge in [-0.3, -0.25) is 4.98 Å². The summed E-state index contributed by atoms with van der Waals surface area (Å²) in [5.41, 5.74) is 1.86. The van der Waals surface area contributed by atoms with E-state index >= 15 is 0 Å². The van der Waals surface area contributed by atoms with E-state index in [2.05, 4.69) is 22.2 Å². The summed E-state index contributed by atoms with van der Waals surface area (Å²) in [7, 11) is 0. The van der Waals surface area contributed by atoms with Gasteiger partial charge in [0.15, 0.2) is 0 Å². The van der Waals surface area contributed by atoms with E-state index in [1.54, 1.807) is 22.7 Å². The van der Waals surface area contributed by atoms with E-state index in [-0.39, 0.29) is 6.04 Å². The Morgan fingerprint density at radius 1 is 1.47 bits per heavy atom. The second kappa shape index (κ2) is 5.34. The van der Waals surface area contributed by atoms with E-state index < -0.39 is 0 Å². The monoisotopic (exact) mass is 239 g/mol. The number of hydrogen-bond donors (Lipinski definition) is 1. The Balaban J connectivity index is 2.17. The second-order valence-electron chi connectivity index (χ2n) is 3.16. The van der Waals surface area contributed by atoms with Crippen LogP contribution in [0, 0.1) is 0 Å². The van der Waals surface area contributed by atoms with Crippen molar-refractivity contribution in [3.05, 3.63) is 33.2 Å². The molecular weight excluding hydrogens is 226 g/mol. The maximum Gasteiger partial charge on any atom is 0.115 e. The Morgan fingerprint density at radius 2 is 2.40 bits per heavy atom. The molecule has 0 aliphatic heterocycles. The number of nitrogens with zero attached hydrogens (tertiary/aromatic N) is 2. The third-order valence-corrected chi connectivity index (χ3v) is 3.71. The number of nitrogens with one attached hydrogen (secondary N) is 1. The number of hydrogen-bond acceptors (Lipinski definition) is 5. The fourth-order valence-electron chi connectivity index (χ4n) is 1.34. The minimum Gasteiger partial charge on any atom is -0.304 e. The lowest BCUT2D eigenvalue weighted by Crippen LogP contribution is -2.22. The zero-order chi connectivity index (χ0) is 10.5. The topological polar surface area (TPSA) is 37.8 Å². The summed E-state index contributed by atoms with van der Waals surface area (Å²) < 4.78 is 0. The standard InChI is InChI=1S/C10H13N3S2/c1-2-3-12-9(8-6-11-7-15-8)10-13-4-5-14-10/h4-7,9,12H,2-3H2,1H3. The van der Waals surface area contributed by atoms with Crippen LogP contribution in [0.2, 0.25) is 0 Å². The molecule has 5 heteroatoms. The first-order valence-electron chi connectivity index (χ1n) is 4.93. The van der Waals surface area contributed by atoms with Gasteiger partial charge in [-0.05, 0) is 13.0 Å². The van der Waals surface area contributed by atoms with Crippen molar-refractivity contribution in [1.29, 1.82) is 0 Å². The average molecular weight is 239 g/mol. The van der Waals surface area contributed by atoms with Gasteiger partial charge in [0, 0.05) is 22.7 Å². The molecule has 2 heterocycles. The molecule has 0 fully saturated rings. The first-order valence-corrected chi connectivity index (χ1v) is 6.69. The molecule has 0 aliphatic carbocycles. The van der Waals surface area contributed by atoms with Crippen LogP contribution >= 0.6 is 22.7 Å². The summed E-state index contributed by atoms with van der Waals surface area (Å²) in [6.45, 7) is 3.17. The van der Waals surface area contributed by atoms with Crippen LogP contribution in [0.3, 0.4) is 0 Å². The van der Waals surface area contributed by atoms with Crippen molar-refractivity contribution in [2.75, 3.05) is 6.54 Å². The normalized spacial score (nSPS) is 12.9. The van der Waals surface area contributed by atoms with Gasteiger partial charge in [0.05, 0.1) is 11.6 Å². The Morgan fingerprint density at radius 3 is 3.00 bits per heavy atom. The van der Waals surface area contributed by atoms with E-state index in [4.69, 9.17) is 0 Å². The van der Waals surface area contributed by atoms with E-state index in [9.17, 15) is 0 Å². The summed E-state index contributed by atoms with van der Waals surface area (Å²) in [6.07, 6.45) is 4.89. The third kappa shape index (κ3) is 2.62. The van der Waals surface area contributed by atoms with Crippen LogP contribution in [-0.2, 0) is 0 Å².